The maximum Gasteiger partial charge on any atom is 0.157 e. The molecule has 0 heterocycles. The van der Waals surface area contributed by atoms with Crippen molar-refractivity contribution in [2.45, 2.75) is 20.8 Å². The Labute approximate surface area is 78.5 Å². The molecular formula is C11H14O2. The molecule has 0 N–H and O–H groups in total. The van der Waals surface area contributed by atoms with Crippen LogP contribution >= 0.6 is 0 Å². The summed E-state index contributed by atoms with van der Waals surface area (Å²) in [7, 11) is 0. The first-order valence-electron chi connectivity index (χ1n) is 4.30. The van der Waals surface area contributed by atoms with Gasteiger partial charge in [-0.15, -0.1) is 0 Å². The van der Waals surface area contributed by atoms with Gasteiger partial charge in [-0.1, -0.05) is 12.1 Å². The molecule has 13 heavy (non-hydrogen) atoms. The quantitative estimate of drug-likeness (QED) is 0.663. The summed E-state index contributed by atoms with van der Waals surface area (Å²) in [6.45, 7) is 6.14. The molecule has 0 fully saturated rings. The van der Waals surface area contributed by atoms with Crippen LogP contribution in [0.15, 0.2) is 12.1 Å². The van der Waals surface area contributed by atoms with Crippen molar-refractivity contribution >= 4 is 6.29 Å². The van der Waals surface area contributed by atoms with Crippen LogP contribution in [0.4, 0.5) is 0 Å². The molecule has 0 atom stereocenters. The minimum atomic E-state index is 0.130. The molecule has 0 spiro atoms. The number of rotatable bonds is 3. The molecule has 0 aliphatic rings. The van der Waals surface area contributed by atoms with Gasteiger partial charge in [0.05, 0.1) is 0 Å². The Hall–Kier alpha value is -1.31. The van der Waals surface area contributed by atoms with Gasteiger partial charge in [-0.05, 0) is 37.5 Å². The summed E-state index contributed by atoms with van der Waals surface area (Å²) in [5.74, 6) is 0.840. The fourth-order valence-corrected chi connectivity index (χ4v) is 1.26. The lowest BCUT2D eigenvalue weighted by Gasteiger charge is -2.11. The second kappa shape index (κ2) is 4.08. The standard InChI is InChI=1S/C11H14O2/c1-8-4-5-9(2)11(10(8)3)13-7-6-12/h4-6H,7H2,1-3H3. The Morgan fingerprint density at radius 2 is 1.85 bits per heavy atom. The van der Waals surface area contributed by atoms with Crippen molar-refractivity contribution < 1.29 is 9.53 Å². The van der Waals surface area contributed by atoms with E-state index in [0.717, 1.165) is 23.2 Å². The highest BCUT2D eigenvalue weighted by Crippen LogP contribution is 2.25. The molecule has 0 amide bonds. The van der Waals surface area contributed by atoms with E-state index in [1.54, 1.807) is 0 Å². The molecule has 0 aromatic heterocycles. The predicted molar refractivity (Wildman–Crippen MR) is 52.2 cm³/mol. The average molecular weight is 178 g/mol. The molecule has 0 aliphatic carbocycles. The molecule has 1 aromatic rings. The topological polar surface area (TPSA) is 26.3 Å². The van der Waals surface area contributed by atoms with Crippen LogP contribution in [0.1, 0.15) is 16.7 Å². The van der Waals surface area contributed by atoms with Crippen LogP contribution in [0.3, 0.4) is 0 Å². The SMILES string of the molecule is Cc1ccc(C)c(OCC=O)c1C. The smallest absolute Gasteiger partial charge is 0.157 e. The molecule has 1 aromatic carbocycles. The minimum absolute atomic E-state index is 0.130. The fraction of sp³-hybridized carbons (Fsp3) is 0.364. The van der Waals surface area contributed by atoms with Crippen LogP contribution in [-0.4, -0.2) is 12.9 Å². The van der Waals surface area contributed by atoms with E-state index >= 15 is 0 Å². The van der Waals surface area contributed by atoms with E-state index in [1.807, 2.05) is 26.8 Å². The largest absolute Gasteiger partial charge is 0.486 e. The molecule has 0 bridgehead atoms. The number of aldehydes is 1. The normalized spacial score (nSPS) is 9.77. The van der Waals surface area contributed by atoms with Crippen LogP contribution in [0.2, 0.25) is 0 Å². The number of hydrogen-bond donors (Lipinski definition) is 0. The summed E-state index contributed by atoms with van der Waals surface area (Å²) in [6.07, 6.45) is 0.765. The van der Waals surface area contributed by atoms with E-state index < -0.39 is 0 Å². The first-order chi connectivity index (χ1) is 6.16. The summed E-state index contributed by atoms with van der Waals surface area (Å²) in [6, 6.07) is 4.06. The maximum absolute atomic E-state index is 10.2. The van der Waals surface area contributed by atoms with Crippen molar-refractivity contribution in [1.82, 2.24) is 0 Å². The highest BCUT2D eigenvalue weighted by Gasteiger charge is 2.05. The van der Waals surface area contributed by atoms with Gasteiger partial charge >= 0.3 is 0 Å². The lowest BCUT2D eigenvalue weighted by Crippen LogP contribution is -2.02. The van der Waals surface area contributed by atoms with Gasteiger partial charge in [0.1, 0.15) is 12.4 Å². The summed E-state index contributed by atoms with van der Waals surface area (Å²) >= 11 is 0. The van der Waals surface area contributed by atoms with Crippen molar-refractivity contribution in [2.24, 2.45) is 0 Å². The Bertz CT molecular complexity index is 316. The Kier molecular flexibility index (Phi) is 3.07. The van der Waals surface area contributed by atoms with Gasteiger partial charge in [0.15, 0.2) is 6.29 Å². The molecular weight excluding hydrogens is 164 g/mol. The summed E-state index contributed by atoms with van der Waals surface area (Å²) < 4.78 is 5.33. The summed E-state index contributed by atoms with van der Waals surface area (Å²) in [4.78, 5) is 10.2. The molecule has 1 rings (SSSR count). The lowest BCUT2D eigenvalue weighted by molar-refractivity contribution is -0.109. The summed E-state index contributed by atoms with van der Waals surface area (Å²) in [5.41, 5.74) is 3.37. The highest BCUT2D eigenvalue weighted by molar-refractivity contribution is 5.53. The summed E-state index contributed by atoms with van der Waals surface area (Å²) in [5, 5.41) is 0. The number of benzene rings is 1. The van der Waals surface area contributed by atoms with Crippen LogP contribution in [0.5, 0.6) is 5.75 Å². The van der Waals surface area contributed by atoms with Gasteiger partial charge in [0.25, 0.3) is 0 Å². The fourth-order valence-electron chi connectivity index (χ4n) is 1.26. The monoisotopic (exact) mass is 178 g/mol. The third-order valence-corrected chi connectivity index (χ3v) is 2.17. The van der Waals surface area contributed by atoms with Crippen molar-refractivity contribution in [3.63, 3.8) is 0 Å². The molecule has 2 heteroatoms. The van der Waals surface area contributed by atoms with Crippen LogP contribution < -0.4 is 4.74 Å². The number of carbonyl (C=O) groups is 1. The first kappa shape index (κ1) is 9.78. The van der Waals surface area contributed by atoms with Crippen molar-refractivity contribution in [2.75, 3.05) is 6.61 Å². The van der Waals surface area contributed by atoms with E-state index in [9.17, 15) is 4.79 Å². The van der Waals surface area contributed by atoms with Crippen LogP contribution in [0.25, 0.3) is 0 Å². The third-order valence-electron chi connectivity index (χ3n) is 2.17. The Balaban J connectivity index is 3.02. The molecule has 0 unspecified atom stereocenters. The zero-order chi connectivity index (χ0) is 9.84. The van der Waals surface area contributed by atoms with Crippen molar-refractivity contribution in [1.29, 1.82) is 0 Å². The molecule has 0 radical (unpaired) electrons. The zero-order valence-electron chi connectivity index (χ0n) is 8.26. The van der Waals surface area contributed by atoms with Crippen molar-refractivity contribution in [3.05, 3.63) is 28.8 Å². The number of ether oxygens (including phenoxy) is 1. The van der Waals surface area contributed by atoms with E-state index in [2.05, 4.69) is 6.07 Å². The molecule has 70 valence electrons. The average Bonchev–Trinajstić information content (AvgIpc) is 2.12. The van der Waals surface area contributed by atoms with E-state index in [4.69, 9.17) is 4.74 Å². The molecule has 0 aliphatic heterocycles. The maximum atomic E-state index is 10.2. The number of aryl methyl sites for hydroxylation is 2. The Morgan fingerprint density at radius 3 is 2.46 bits per heavy atom. The van der Waals surface area contributed by atoms with Gasteiger partial charge in [0.2, 0.25) is 0 Å². The second-order valence-electron chi connectivity index (χ2n) is 3.13. The third kappa shape index (κ3) is 2.08. The van der Waals surface area contributed by atoms with Gasteiger partial charge < -0.3 is 4.74 Å². The first-order valence-corrected chi connectivity index (χ1v) is 4.30. The van der Waals surface area contributed by atoms with Gasteiger partial charge in [0, 0.05) is 0 Å². The van der Waals surface area contributed by atoms with E-state index in [1.165, 1.54) is 5.56 Å². The molecule has 2 nitrogen and oxygen atoms in total. The van der Waals surface area contributed by atoms with Gasteiger partial charge in [-0.25, -0.2) is 0 Å². The highest BCUT2D eigenvalue weighted by atomic mass is 16.5. The Morgan fingerprint density at radius 1 is 1.23 bits per heavy atom. The van der Waals surface area contributed by atoms with Crippen LogP contribution in [-0.2, 0) is 4.79 Å². The minimum Gasteiger partial charge on any atom is -0.486 e. The second-order valence-corrected chi connectivity index (χ2v) is 3.13. The van der Waals surface area contributed by atoms with Crippen molar-refractivity contribution in [3.8, 4) is 5.75 Å². The van der Waals surface area contributed by atoms with Gasteiger partial charge in [-0.3, -0.25) is 4.79 Å². The lowest BCUT2D eigenvalue weighted by atomic mass is 10.1. The number of hydrogen-bond acceptors (Lipinski definition) is 2. The molecule has 0 saturated carbocycles. The van der Waals surface area contributed by atoms with Crippen LogP contribution in [0, 0.1) is 20.8 Å². The van der Waals surface area contributed by atoms with Gasteiger partial charge in [-0.2, -0.15) is 0 Å². The van der Waals surface area contributed by atoms with E-state index in [0.29, 0.717) is 0 Å². The van der Waals surface area contributed by atoms with E-state index in [-0.39, 0.29) is 6.61 Å². The number of carbonyl (C=O) groups excluding carboxylic acids is 1. The zero-order valence-corrected chi connectivity index (χ0v) is 8.26. The molecule has 0 saturated heterocycles. The predicted octanol–water partition coefficient (Wildman–Crippen LogP) is 2.19.